The molecule has 1 fully saturated rings. The Balaban J connectivity index is 2.57. The fourth-order valence-corrected chi connectivity index (χ4v) is 4.39. The number of hydrogen-bond acceptors (Lipinski definition) is 8. The van der Waals surface area contributed by atoms with E-state index < -0.39 is 49.5 Å². The van der Waals surface area contributed by atoms with Crippen LogP contribution in [0.1, 0.15) is 104 Å². The number of ether oxygens (including phenoxy) is 2. The average Bonchev–Trinajstić information content (AvgIpc) is 2.89. The van der Waals surface area contributed by atoms with Gasteiger partial charge in [0, 0.05) is 6.42 Å². The monoisotopic (exact) mass is 531 g/mol. The van der Waals surface area contributed by atoms with Crippen LogP contribution in [-0.2, 0) is 14.3 Å². The van der Waals surface area contributed by atoms with Crippen LogP contribution in [0.15, 0.2) is 12.2 Å². The van der Waals surface area contributed by atoms with Crippen LogP contribution in [0.5, 0.6) is 0 Å². The van der Waals surface area contributed by atoms with Gasteiger partial charge in [-0.2, -0.15) is 0 Å². The second-order valence-electron chi connectivity index (χ2n) is 10.2. The van der Waals surface area contributed by atoms with Gasteiger partial charge >= 0.3 is 0 Å². The maximum atomic E-state index is 12.6. The predicted molar refractivity (Wildman–Crippen MR) is 143 cm³/mol. The van der Waals surface area contributed by atoms with E-state index in [1.54, 1.807) is 6.08 Å². The Bertz CT molecular complexity index is 603. The molecule has 7 unspecified atom stereocenters. The highest BCUT2D eigenvalue weighted by molar-refractivity contribution is 5.76. The van der Waals surface area contributed by atoms with Gasteiger partial charge in [-0.25, -0.2) is 0 Å². The number of aliphatic hydroxyl groups is 5. The zero-order chi connectivity index (χ0) is 27.5. The van der Waals surface area contributed by atoms with Gasteiger partial charge in [0.25, 0.3) is 0 Å². The minimum absolute atomic E-state index is 0.188. The summed E-state index contributed by atoms with van der Waals surface area (Å²) in [7, 11) is 0. The molecule has 9 nitrogen and oxygen atoms in total. The van der Waals surface area contributed by atoms with Crippen molar-refractivity contribution < 1.29 is 39.8 Å². The summed E-state index contributed by atoms with van der Waals surface area (Å²) in [5.74, 6) is -0.191. The molecule has 0 aromatic rings. The van der Waals surface area contributed by atoms with Crippen LogP contribution in [0.3, 0.4) is 0 Å². The molecule has 0 radical (unpaired) electrons. The van der Waals surface area contributed by atoms with E-state index in [4.69, 9.17) is 9.47 Å². The van der Waals surface area contributed by atoms with Gasteiger partial charge in [0.05, 0.1) is 25.4 Å². The van der Waals surface area contributed by atoms with Gasteiger partial charge < -0.3 is 40.3 Å². The van der Waals surface area contributed by atoms with E-state index in [1.165, 1.54) is 38.5 Å². The van der Waals surface area contributed by atoms with Gasteiger partial charge in [0.1, 0.15) is 24.4 Å². The van der Waals surface area contributed by atoms with Gasteiger partial charge in [-0.1, -0.05) is 90.2 Å². The summed E-state index contributed by atoms with van der Waals surface area (Å²) >= 11 is 0. The Hall–Kier alpha value is -1.07. The zero-order valence-corrected chi connectivity index (χ0v) is 23.0. The van der Waals surface area contributed by atoms with E-state index in [1.807, 2.05) is 6.08 Å². The molecule has 37 heavy (non-hydrogen) atoms. The molecule has 9 heteroatoms. The van der Waals surface area contributed by atoms with E-state index in [0.29, 0.717) is 6.42 Å². The Morgan fingerprint density at radius 2 is 1.49 bits per heavy atom. The third-order valence-electron chi connectivity index (χ3n) is 6.86. The number of hydrogen-bond donors (Lipinski definition) is 6. The number of nitrogens with one attached hydrogen (secondary N) is 1. The third-order valence-corrected chi connectivity index (χ3v) is 6.86. The van der Waals surface area contributed by atoms with Crippen LogP contribution in [0.4, 0.5) is 0 Å². The second kappa shape index (κ2) is 20.8. The fraction of sp³-hybridized carbons (Fsp3) is 0.893. The molecule has 0 spiro atoms. The van der Waals surface area contributed by atoms with Gasteiger partial charge in [0.2, 0.25) is 5.91 Å². The Kier molecular flexibility index (Phi) is 19.1. The van der Waals surface area contributed by atoms with Gasteiger partial charge in [-0.3, -0.25) is 4.79 Å². The summed E-state index contributed by atoms with van der Waals surface area (Å²) in [6.07, 6.45) is 10.2. The van der Waals surface area contributed by atoms with Crippen molar-refractivity contribution in [2.24, 2.45) is 0 Å². The molecule has 7 atom stereocenters. The predicted octanol–water partition coefficient (Wildman–Crippen LogP) is 2.71. The van der Waals surface area contributed by atoms with E-state index in [-0.39, 0.29) is 12.5 Å². The van der Waals surface area contributed by atoms with E-state index >= 15 is 0 Å². The highest BCUT2D eigenvalue weighted by atomic mass is 16.7. The van der Waals surface area contributed by atoms with Crippen molar-refractivity contribution in [3.63, 3.8) is 0 Å². The summed E-state index contributed by atoms with van der Waals surface area (Å²) in [4.78, 5) is 12.6. The lowest BCUT2D eigenvalue weighted by Gasteiger charge is -2.40. The van der Waals surface area contributed by atoms with E-state index in [2.05, 4.69) is 19.2 Å². The highest BCUT2D eigenvalue weighted by Crippen LogP contribution is 2.22. The number of carbonyl (C=O) groups excluding carboxylic acids is 1. The highest BCUT2D eigenvalue weighted by Gasteiger charge is 2.44. The SMILES string of the molecule is CCCCC/C=C/C(O)C(COC1OC(CO)C(O)C(O)C1O)NC(=O)CCCCCCCCCCC. The van der Waals surface area contributed by atoms with Gasteiger partial charge in [0.15, 0.2) is 6.29 Å². The van der Waals surface area contributed by atoms with Crippen molar-refractivity contribution in [1.29, 1.82) is 0 Å². The van der Waals surface area contributed by atoms with Gasteiger partial charge in [-0.15, -0.1) is 0 Å². The van der Waals surface area contributed by atoms with Gasteiger partial charge in [-0.05, 0) is 19.3 Å². The molecule has 1 saturated heterocycles. The smallest absolute Gasteiger partial charge is 0.220 e. The van der Waals surface area contributed by atoms with Crippen LogP contribution >= 0.6 is 0 Å². The van der Waals surface area contributed by atoms with E-state index in [9.17, 15) is 30.3 Å². The number of unbranched alkanes of at least 4 members (excludes halogenated alkanes) is 11. The summed E-state index contributed by atoms with van der Waals surface area (Å²) in [6.45, 7) is 3.58. The van der Waals surface area contributed by atoms with Crippen molar-refractivity contribution in [2.75, 3.05) is 13.2 Å². The summed E-state index contributed by atoms with van der Waals surface area (Å²) in [5.41, 5.74) is 0. The molecular weight excluding hydrogens is 478 g/mol. The molecule has 1 aliphatic heterocycles. The number of carbonyl (C=O) groups is 1. The third kappa shape index (κ3) is 14.0. The number of amides is 1. The minimum Gasteiger partial charge on any atom is -0.394 e. The summed E-state index contributed by atoms with van der Waals surface area (Å²) in [6, 6.07) is -0.791. The lowest BCUT2D eigenvalue weighted by molar-refractivity contribution is -0.302. The largest absolute Gasteiger partial charge is 0.394 e. The van der Waals surface area contributed by atoms with Crippen LogP contribution in [-0.4, -0.2) is 87.5 Å². The van der Waals surface area contributed by atoms with Crippen molar-refractivity contribution in [2.45, 2.75) is 147 Å². The fourth-order valence-electron chi connectivity index (χ4n) is 4.39. The lowest BCUT2D eigenvalue weighted by Crippen LogP contribution is -2.60. The Morgan fingerprint density at radius 1 is 0.892 bits per heavy atom. The van der Waals surface area contributed by atoms with Crippen LogP contribution < -0.4 is 5.32 Å². The molecule has 0 bridgehead atoms. The van der Waals surface area contributed by atoms with E-state index in [0.717, 1.165) is 44.9 Å². The Labute approximate surface area is 223 Å². The first-order chi connectivity index (χ1) is 17.8. The molecule has 1 aliphatic rings. The first-order valence-corrected chi connectivity index (χ1v) is 14.4. The molecule has 1 amide bonds. The zero-order valence-electron chi connectivity index (χ0n) is 23.0. The molecule has 1 rings (SSSR count). The first-order valence-electron chi connectivity index (χ1n) is 14.4. The van der Waals surface area contributed by atoms with Crippen molar-refractivity contribution >= 4 is 5.91 Å². The second-order valence-corrected chi connectivity index (χ2v) is 10.2. The normalized spacial score (nSPS) is 25.9. The summed E-state index contributed by atoms with van der Waals surface area (Å²) < 4.78 is 11.0. The Morgan fingerprint density at radius 3 is 2.11 bits per heavy atom. The molecular formula is C28H53NO8. The number of allylic oxidation sites excluding steroid dienone is 1. The minimum atomic E-state index is -1.56. The van der Waals surface area contributed by atoms with Crippen molar-refractivity contribution in [3.05, 3.63) is 12.2 Å². The first kappa shape index (κ1) is 34.0. The van der Waals surface area contributed by atoms with Crippen LogP contribution in [0.2, 0.25) is 0 Å². The van der Waals surface area contributed by atoms with Crippen molar-refractivity contribution in [3.8, 4) is 0 Å². The molecule has 6 N–H and O–H groups in total. The molecule has 0 aromatic carbocycles. The average molecular weight is 532 g/mol. The standard InChI is InChI=1S/C28H53NO8/c1-3-5-7-9-10-11-12-14-16-18-24(32)29-21(22(31)17-15-13-8-6-4-2)20-36-28-27(35)26(34)25(33)23(19-30)37-28/h15,17,21-23,25-28,30-31,33-35H,3-14,16,18-20H2,1-2H3,(H,29,32)/b17-15+. The maximum absolute atomic E-state index is 12.6. The number of rotatable bonds is 21. The maximum Gasteiger partial charge on any atom is 0.220 e. The molecule has 0 saturated carbocycles. The molecule has 0 aromatic heterocycles. The van der Waals surface area contributed by atoms with Crippen LogP contribution in [0.25, 0.3) is 0 Å². The quantitative estimate of drug-likeness (QED) is 0.0978. The molecule has 1 heterocycles. The topological polar surface area (TPSA) is 149 Å². The lowest BCUT2D eigenvalue weighted by atomic mass is 9.99. The molecule has 0 aliphatic carbocycles. The van der Waals surface area contributed by atoms with Crippen LogP contribution in [0, 0.1) is 0 Å². The summed E-state index contributed by atoms with van der Waals surface area (Å²) in [5, 5.41) is 53.1. The van der Waals surface area contributed by atoms with Crippen molar-refractivity contribution in [1.82, 2.24) is 5.32 Å². The molecule has 218 valence electrons. The number of aliphatic hydroxyl groups excluding tert-OH is 5.